The summed E-state index contributed by atoms with van der Waals surface area (Å²) in [6, 6.07) is -6.11. The zero-order valence-corrected chi connectivity index (χ0v) is 12.8. The molecule has 1 saturated heterocycles. The van der Waals surface area contributed by atoms with E-state index in [4.69, 9.17) is 26.3 Å². The van der Waals surface area contributed by atoms with Gasteiger partial charge < -0.3 is 10.6 Å². The van der Waals surface area contributed by atoms with Gasteiger partial charge in [0, 0.05) is 41.7 Å². The van der Waals surface area contributed by atoms with Gasteiger partial charge in [-0.05, 0) is 24.4 Å². The minimum Gasteiger partial charge on any atom is -0.356 e. The van der Waals surface area contributed by atoms with Gasteiger partial charge in [-0.15, -0.1) is 0 Å². The van der Waals surface area contributed by atoms with Crippen LogP contribution in [0.4, 0.5) is 5.82 Å². The second-order valence-electron chi connectivity index (χ2n) is 4.71. The lowest BCUT2D eigenvalue weighted by Gasteiger charge is -2.34. The molecule has 2 N–H and O–H groups in total. The van der Waals surface area contributed by atoms with Crippen molar-refractivity contribution in [2.24, 2.45) is 12.8 Å². The molecule has 3 rings (SSSR count). The first-order valence-corrected chi connectivity index (χ1v) is 6.73. The Balaban J connectivity index is 2.63. The highest BCUT2D eigenvalue weighted by molar-refractivity contribution is 5.42. The van der Waals surface area contributed by atoms with E-state index in [0.717, 1.165) is 7.05 Å². The summed E-state index contributed by atoms with van der Waals surface area (Å²) in [4.78, 5) is 25.7. The molecule has 2 aromatic rings. The van der Waals surface area contributed by atoms with Gasteiger partial charge in [-0.1, -0.05) is 18.1 Å². The second kappa shape index (κ2) is 6.95. The number of piperidine rings is 1. The molecule has 0 bridgehead atoms. The third kappa shape index (κ3) is 3.35. The number of aromatic nitrogens is 2. The van der Waals surface area contributed by atoms with Crippen LogP contribution in [0.15, 0.2) is 39.8 Å². The van der Waals surface area contributed by atoms with E-state index < -0.39 is 90.6 Å². The van der Waals surface area contributed by atoms with Crippen LogP contribution in [-0.2, 0) is 13.5 Å². The van der Waals surface area contributed by atoms with Crippen molar-refractivity contribution < 1.29 is 20.6 Å². The highest BCUT2D eigenvalue weighted by atomic mass is 16.2. The molecular formula is C18H21N5O2. The lowest BCUT2D eigenvalue weighted by molar-refractivity contribution is 0.491. The predicted molar refractivity (Wildman–Crippen MR) is 95.6 cm³/mol. The normalized spacial score (nSPS) is 37.6. The lowest BCUT2D eigenvalue weighted by atomic mass is 10.1. The van der Waals surface area contributed by atoms with Crippen LogP contribution in [0, 0.1) is 11.3 Å². The van der Waals surface area contributed by atoms with E-state index in [0.29, 0.717) is 6.07 Å². The van der Waals surface area contributed by atoms with Crippen LogP contribution in [0.5, 0.6) is 0 Å². The van der Waals surface area contributed by atoms with E-state index in [9.17, 15) is 14.9 Å². The number of hydrogen-bond acceptors (Lipinski definition) is 5. The minimum absolute atomic E-state index is 0.145. The maximum atomic E-state index is 13.4. The topological polar surface area (TPSA) is 97.0 Å². The molecule has 0 aliphatic carbocycles. The van der Waals surface area contributed by atoms with Gasteiger partial charge in [0.15, 0.2) is 0 Å². The zero-order valence-electron chi connectivity index (χ0n) is 27.8. The van der Waals surface area contributed by atoms with Crippen LogP contribution in [0.2, 0.25) is 0 Å². The summed E-state index contributed by atoms with van der Waals surface area (Å²) in [5.41, 5.74) is 0.486. The van der Waals surface area contributed by atoms with E-state index >= 15 is 0 Å². The molecule has 2 heterocycles. The summed E-state index contributed by atoms with van der Waals surface area (Å²) in [7, 11) is 0.835. The molecule has 1 fully saturated rings. The monoisotopic (exact) mass is 354 g/mol. The van der Waals surface area contributed by atoms with E-state index in [1.165, 1.54) is 6.07 Å². The molecule has 1 aromatic heterocycles. The van der Waals surface area contributed by atoms with Crippen LogP contribution >= 0.6 is 0 Å². The molecule has 7 nitrogen and oxygen atoms in total. The highest BCUT2D eigenvalue weighted by Crippen LogP contribution is 2.19. The first-order valence-electron chi connectivity index (χ1n) is 14.2. The van der Waals surface area contributed by atoms with Crippen molar-refractivity contribution in [2.75, 3.05) is 17.9 Å². The standard InChI is InChI=1S/C18H21N5O2/c1-21-17(24)9-16(22-8-4-7-15(20)12-22)23(18(21)25)11-14-6-3-2-5-13(14)10-19/h2-3,5-6,9,15H,4,7-8,11-12,20H2,1H3/t15-/m1/s1/i2D,3D,4D2,5D,6D,7D2,8D2,11D2,12D2,15D. The fourth-order valence-corrected chi connectivity index (χ4v) is 1.92. The molecule has 0 radical (unpaired) electrons. The molecule has 1 aliphatic heterocycles. The Morgan fingerprint density at radius 2 is 2.28 bits per heavy atom. The van der Waals surface area contributed by atoms with Gasteiger partial charge in [0.25, 0.3) is 5.56 Å². The average molecular weight is 354 g/mol. The number of nitriles is 1. The van der Waals surface area contributed by atoms with Crippen molar-refractivity contribution in [1.82, 2.24) is 9.13 Å². The minimum atomic E-state index is -3.89. The molecule has 0 saturated carbocycles. The van der Waals surface area contributed by atoms with Crippen molar-refractivity contribution >= 4 is 5.82 Å². The average Bonchev–Trinajstić information content (AvgIpc) is 2.81. The van der Waals surface area contributed by atoms with Crippen LogP contribution in [0.1, 0.15) is 44.4 Å². The largest absolute Gasteiger partial charge is 0.356 e. The molecular weight excluding hydrogens is 318 g/mol. The molecule has 0 amide bonds. The van der Waals surface area contributed by atoms with Gasteiger partial charge in [-0.25, -0.2) is 4.79 Å². The number of nitrogens with zero attached hydrogens (tertiary/aromatic N) is 4. The van der Waals surface area contributed by atoms with Gasteiger partial charge in [0.05, 0.1) is 29.1 Å². The van der Waals surface area contributed by atoms with Crippen LogP contribution in [-0.4, -0.2) is 28.1 Å². The number of rotatable bonds is 3. The molecule has 25 heavy (non-hydrogen) atoms. The molecule has 7 heteroatoms. The summed E-state index contributed by atoms with van der Waals surface area (Å²) < 4.78 is 124. The second-order valence-corrected chi connectivity index (χ2v) is 4.71. The van der Waals surface area contributed by atoms with Gasteiger partial charge in [0.2, 0.25) is 0 Å². The van der Waals surface area contributed by atoms with Crippen LogP contribution in [0.25, 0.3) is 0 Å². The van der Waals surface area contributed by atoms with Gasteiger partial charge >= 0.3 is 5.69 Å². The SMILES string of the molecule is [2H]c1c([2H])c([2H])c(C([2H])([2H])n2c(N3C([2H])([2H])C([2H])([2H])C([2H])([2H])[C@@]([2H])(N)C3([2H])[2H])cc(=O)n(C)c2=O)c(C#N)c1[2H]. The fourth-order valence-electron chi connectivity index (χ4n) is 1.92. The Labute approximate surface area is 166 Å². The number of hydrogen-bond donors (Lipinski definition) is 1. The summed E-state index contributed by atoms with van der Waals surface area (Å²) in [6.07, 6.45) is -7.62. The first-order chi connectivity index (χ1) is 17.8. The van der Waals surface area contributed by atoms with E-state index in [2.05, 4.69) is 0 Å². The Hall–Kier alpha value is -2.85. The maximum absolute atomic E-state index is 13.4. The van der Waals surface area contributed by atoms with Gasteiger partial charge in [-0.2, -0.15) is 5.26 Å². The van der Waals surface area contributed by atoms with Crippen molar-refractivity contribution in [1.29, 1.82) is 5.26 Å². The summed E-state index contributed by atoms with van der Waals surface area (Å²) >= 11 is 0. The number of anilines is 1. The van der Waals surface area contributed by atoms with Crippen molar-refractivity contribution in [2.45, 2.75) is 25.3 Å². The van der Waals surface area contributed by atoms with E-state index in [1.54, 1.807) is 0 Å². The Morgan fingerprint density at radius 3 is 3.04 bits per heavy atom. The third-order valence-corrected chi connectivity index (χ3v) is 3.14. The van der Waals surface area contributed by atoms with Gasteiger partial charge in [0.1, 0.15) is 5.82 Å². The molecule has 130 valence electrons. The van der Waals surface area contributed by atoms with Gasteiger partial charge in [-0.3, -0.25) is 13.9 Å². The summed E-state index contributed by atoms with van der Waals surface area (Å²) in [5, 5.41) is 9.63. The molecule has 1 aromatic carbocycles. The van der Waals surface area contributed by atoms with Crippen LogP contribution in [0.3, 0.4) is 0 Å². The predicted octanol–water partition coefficient (Wildman–Crippen LogP) is 0.394. The smallest absolute Gasteiger partial charge is 0.332 e. The lowest BCUT2D eigenvalue weighted by Crippen LogP contribution is -2.47. The third-order valence-electron chi connectivity index (χ3n) is 3.14. The Morgan fingerprint density at radius 1 is 1.52 bits per heavy atom. The zero-order chi connectivity index (χ0) is 31.3. The Kier molecular flexibility index (Phi) is 1.80. The first kappa shape index (κ1) is 6.46. The van der Waals surface area contributed by atoms with Crippen molar-refractivity contribution in [3.05, 3.63) is 62.2 Å². The fraction of sp³-hybridized carbons (Fsp3) is 0.389. The summed E-state index contributed by atoms with van der Waals surface area (Å²) in [5.74, 6) is -1.40. The molecule has 0 spiro atoms. The highest BCUT2D eigenvalue weighted by Gasteiger charge is 2.22. The number of benzene rings is 1. The quantitative estimate of drug-likeness (QED) is 0.860. The van der Waals surface area contributed by atoms with E-state index in [1.807, 2.05) is 0 Å². The summed E-state index contributed by atoms with van der Waals surface area (Å²) in [6.45, 7) is -11.3. The molecule has 0 unspecified atom stereocenters. The number of nitrogens with two attached hydrogens (primary N) is 1. The van der Waals surface area contributed by atoms with Crippen molar-refractivity contribution in [3.63, 3.8) is 0 Å². The van der Waals surface area contributed by atoms with E-state index in [-0.39, 0.29) is 14.0 Å². The maximum Gasteiger partial charge on any atom is 0.332 e. The Bertz CT molecular complexity index is 1560. The van der Waals surface area contributed by atoms with Crippen molar-refractivity contribution in [3.8, 4) is 6.07 Å². The van der Waals surface area contributed by atoms with Crippen LogP contribution < -0.4 is 21.9 Å². The molecule has 1 aliphatic rings. The molecule has 1 atom stereocenters.